The minimum Gasteiger partial charge on any atom is -0.482 e. The SMILES string of the molecule is COC(=O)COc1ccc(C[C@H]2C(=O)N(Cc3cccc4ccccc34)C[C@H]3N2C(=O)CN3N(C(=O)NCc2ccccc2)C(C)C)cc1. The Hall–Kier alpha value is -5.42. The number of piperazine rings is 1. The van der Waals surface area contributed by atoms with E-state index >= 15 is 0 Å². The second-order valence-electron chi connectivity index (χ2n) is 12.5. The lowest BCUT2D eigenvalue weighted by atomic mass is 9.99. The van der Waals surface area contributed by atoms with Crippen LogP contribution in [0.25, 0.3) is 10.8 Å². The molecule has 49 heavy (non-hydrogen) atoms. The van der Waals surface area contributed by atoms with Gasteiger partial charge in [-0.15, -0.1) is 0 Å². The molecule has 2 saturated heterocycles. The minimum absolute atomic E-state index is 0.0339. The lowest BCUT2D eigenvalue weighted by Gasteiger charge is -2.47. The van der Waals surface area contributed by atoms with Crippen LogP contribution in [0, 0.1) is 0 Å². The highest BCUT2D eigenvalue weighted by Crippen LogP contribution is 2.32. The maximum absolute atomic E-state index is 14.4. The topological polar surface area (TPSA) is 112 Å². The number of rotatable bonds is 11. The van der Waals surface area contributed by atoms with Gasteiger partial charge in [0.1, 0.15) is 18.0 Å². The number of nitrogens with zero attached hydrogens (tertiary/aromatic N) is 4. The predicted octanol–water partition coefficient (Wildman–Crippen LogP) is 4.35. The van der Waals surface area contributed by atoms with Crippen molar-refractivity contribution in [3.05, 3.63) is 114 Å². The monoisotopic (exact) mass is 663 g/mol. The molecule has 6 rings (SSSR count). The van der Waals surface area contributed by atoms with Crippen LogP contribution in [0.3, 0.4) is 0 Å². The number of hydrazine groups is 1. The Morgan fingerprint density at radius 2 is 1.61 bits per heavy atom. The zero-order valence-electron chi connectivity index (χ0n) is 28.0. The molecular formula is C38H41N5O6. The molecular weight excluding hydrogens is 622 g/mol. The molecule has 1 N–H and O–H groups in total. The van der Waals surface area contributed by atoms with E-state index in [-0.39, 0.29) is 50.0 Å². The number of ether oxygens (including phenoxy) is 2. The fourth-order valence-electron chi connectivity index (χ4n) is 6.65. The number of esters is 1. The first kappa shape index (κ1) is 33.5. The molecule has 11 nitrogen and oxygen atoms in total. The van der Waals surface area contributed by atoms with Gasteiger partial charge in [0.2, 0.25) is 11.8 Å². The van der Waals surface area contributed by atoms with Crippen LogP contribution in [0.1, 0.15) is 30.5 Å². The van der Waals surface area contributed by atoms with Crippen LogP contribution in [0.5, 0.6) is 5.75 Å². The van der Waals surface area contributed by atoms with Crippen molar-refractivity contribution in [3.63, 3.8) is 0 Å². The van der Waals surface area contributed by atoms with Crippen molar-refractivity contribution in [2.24, 2.45) is 0 Å². The van der Waals surface area contributed by atoms with Gasteiger partial charge < -0.3 is 24.6 Å². The van der Waals surface area contributed by atoms with Gasteiger partial charge in [0.05, 0.1) is 20.2 Å². The quantitative estimate of drug-likeness (QED) is 0.238. The Balaban J connectivity index is 1.29. The summed E-state index contributed by atoms with van der Waals surface area (Å²) in [7, 11) is 1.30. The van der Waals surface area contributed by atoms with E-state index in [1.807, 2.05) is 103 Å². The third-order valence-corrected chi connectivity index (χ3v) is 9.01. The Morgan fingerprint density at radius 3 is 2.35 bits per heavy atom. The molecule has 2 aliphatic rings. The van der Waals surface area contributed by atoms with Crippen molar-refractivity contribution in [2.45, 2.75) is 51.6 Å². The molecule has 0 unspecified atom stereocenters. The van der Waals surface area contributed by atoms with Gasteiger partial charge in [0.15, 0.2) is 6.61 Å². The first-order valence-corrected chi connectivity index (χ1v) is 16.5. The van der Waals surface area contributed by atoms with E-state index in [1.165, 1.54) is 7.11 Å². The van der Waals surface area contributed by atoms with Gasteiger partial charge in [-0.05, 0) is 53.4 Å². The third-order valence-electron chi connectivity index (χ3n) is 9.01. The van der Waals surface area contributed by atoms with Crippen molar-refractivity contribution in [2.75, 3.05) is 26.8 Å². The number of carbonyl (C=O) groups excluding carboxylic acids is 4. The summed E-state index contributed by atoms with van der Waals surface area (Å²) >= 11 is 0. The predicted molar refractivity (Wildman–Crippen MR) is 184 cm³/mol. The molecule has 2 fully saturated rings. The van der Waals surface area contributed by atoms with Crippen LogP contribution in [0.4, 0.5) is 4.79 Å². The number of fused-ring (bicyclic) bond motifs is 2. The van der Waals surface area contributed by atoms with Crippen molar-refractivity contribution in [1.82, 2.24) is 25.1 Å². The maximum atomic E-state index is 14.4. The number of urea groups is 1. The van der Waals surface area contributed by atoms with Crippen LogP contribution < -0.4 is 10.1 Å². The number of benzene rings is 4. The normalized spacial score (nSPS) is 17.7. The minimum atomic E-state index is -0.797. The number of hydrogen-bond acceptors (Lipinski definition) is 7. The zero-order valence-corrected chi connectivity index (χ0v) is 28.0. The first-order valence-electron chi connectivity index (χ1n) is 16.5. The van der Waals surface area contributed by atoms with Crippen molar-refractivity contribution < 1.29 is 28.7 Å². The highest BCUT2D eigenvalue weighted by atomic mass is 16.6. The Kier molecular flexibility index (Phi) is 10.1. The molecule has 2 atom stereocenters. The van der Waals surface area contributed by atoms with Crippen molar-refractivity contribution in [3.8, 4) is 5.75 Å². The second kappa shape index (κ2) is 14.8. The average molecular weight is 664 g/mol. The molecule has 4 aromatic carbocycles. The fraction of sp³-hybridized carbons (Fsp3) is 0.316. The standard InChI is InChI=1S/C38H41N5O6/c1-26(2)43(38(47)39-21-28-10-5-4-6-11-28)41-24-35(44)42-33(20-27-16-18-31(19-17-27)49-25-36(45)48-3)37(46)40(23-34(41)42)22-30-14-9-13-29-12-7-8-15-32(29)30/h4-19,26,33-34H,20-25H2,1-3H3,(H,39,47)/t33-,34+/m0/s1. The number of methoxy groups -OCH3 is 1. The van der Waals surface area contributed by atoms with Crippen molar-refractivity contribution in [1.29, 1.82) is 0 Å². The Bertz CT molecular complexity index is 1810. The molecule has 0 aliphatic carbocycles. The number of nitrogens with one attached hydrogen (secondary N) is 1. The molecule has 2 aliphatic heterocycles. The maximum Gasteiger partial charge on any atom is 0.343 e. The summed E-state index contributed by atoms with van der Waals surface area (Å²) in [6, 6.07) is 29.5. The lowest BCUT2D eigenvalue weighted by Crippen LogP contribution is -2.66. The Morgan fingerprint density at radius 1 is 0.898 bits per heavy atom. The van der Waals surface area contributed by atoms with Gasteiger partial charge in [-0.3, -0.25) is 14.6 Å². The Labute approximate surface area is 285 Å². The van der Waals surface area contributed by atoms with Crippen LogP contribution >= 0.6 is 0 Å². The highest BCUT2D eigenvalue weighted by Gasteiger charge is 2.52. The highest BCUT2D eigenvalue weighted by molar-refractivity contribution is 5.92. The summed E-state index contributed by atoms with van der Waals surface area (Å²) in [6.45, 7) is 4.51. The lowest BCUT2D eigenvalue weighted by molar-refractivity contribution is -0.158. The molecule has 4 amide bonds. The third kappa shape index (κ3) is 7.36. The van der Waals surface area contributed by atoms with Crippen LogP contribution in [-0.2, 0) is 38.6 Å². The van der Waals surface area contributed by atoms with Gasteiger partial charge in [-0.1, -0.05) is 84.9 Å². The van der Waals surface area contributed by atoms with E-state index in [2.05, 4.69) is 16.1 Å². The molecule has 0 aromatic heterocycles. The molecule has 254 valence electrons. The summed E-state index contributed by atoms with van der Waals surface area (Å²) in [5.74, 6) is -0.379. The summed E-state index contributed by atoms with van der Waals surface area (Å²) in [5.41, 5.74) is 2.79. The smallest absolute Gasteiger partial charge is 0.343 e. The molecule has 11 heteroatoms. The van der Waals surface area contributed by atoms with Gasteiger partial charge >= 0.3 is 12.0 Å². The number of hydrogen-bond donors (Lipinski definition) is 1. The van der Waals surface area contributed by atoms with E-state index in [4.69, 9.17) is 4.74 Å². The van der Waals surface area contributed by atoms with Crippen LogP contribution in [0.15, 0.2) is 97.1 Å². The van der Waals surface area contributed by atoms with E-state index < -0.39 is 18.2 Å². The van der Waals surface area contributed by atoms with E-state index in [0.717, 1.165) is 27.5 Å². The van der Waals surface area contributed by atoms with Crippen LogP contribution in [-0.4, -0.2) is 88.7 Å². The molecule has 0 saturated carbocycles. The van der Waals surface area contributed by atoms with Gasteiger partial charge in [-0.25, -0.2) is 9.59 Å². The van der Waals surface area contributed by atoms with Crippen molar-refractivity contribution >= 4 is 34.6 Å². The summed E-state index contributed by atoms with van der Waals surface area (Å²) < 4.78 is 10.1. The van der Waals surface area contributed by atoms with Gasteiger partial charge in [-0.2, -0.15) is 5.01 Å². The molecule has 4 aromatic rings. The van der Waals surface area contributed by atoms with Crippen LogP contribution in [0.2, 0.25) is 0 Å². The second-order valence-corrected chi connectivity index (χ2v) is 12.5. The number of amides is 4. The van der Waals surface area contributed by atoms with Gasteiger partial charge in [0.25, 0.3) is 0 Å². The zero-order chi connectivity index (χ0) is 34.5. The summed E-state index contributed by atoms with van der Waals surface area (Å²) in [6.07, 6.45) is -0.294. The first-order chi connectivity index (χ1) is 23.7. The molecule has 0 bridgehead atoms. The van der Waals surface area contributed by atoms with E-state index in [1.54, 1.807) is 22.0 Å². The fourth-order valence-corrected chi connectivity index (χ4v) is 6.65. The number of carbonyl (C=O) groups is 4. The van der Waals surface area contributed by atoms with E-state index in [0.29, 0.717) is 18.8 Å². The van der Waals surface area contributed by atoms with Gasteiger partial charge in [0, 0.05) is 25.6 Å². The molecule has 0 radical (unpaired) electrons. The average Bonchev–Trinajstić information content (AvgIpc) is 3.43. The largest absolute Gasteiger partial charge is 0.482 e. The van der Waals surface area contributed by atoms with E-state index in [9.17, 15) is 19.2 Å². The summed E-state index contributed by atoms with van der Waals surface area (Å²) in [4.78, 5) is 57.0. The molecule has 2 heterocycles. The summed E-state index contributed by atoms with van der Waals surface area (Å²) in [5, 5.41) is 8.58. The molecule has 0 spiro atoms.